The molecule has 0 saturated heterocycles. The molecule has 156 valence electrons. The number of benzene rings is 3. The molecule has 6 nitrogen and oxygen atoms in total. The van der Waals surface area contributed by atoms with Crippen LogP contribution in [0.2, 0.25) is 0 Å². The second-order valence-corrected chi connectivity index (χ2v) is 7.34. The van der Waals surface area contributed by atoms with E-state index in [-0.39, 0.29) is 12.5 Å². The highest BCUT2D eigenvalue weighted by molar-refractivity contribution is 5.94. The fourth-order valence-electron chi connectivity index (χ4n) is 3.15. The fourth-order valence-corrected chi connectivity index (χ4v) is 3.15. The maximum atomic E-state index is 12.8. The molecular formula is C25H23N3O3. The smallest absolute Gasteiger partial charge is 0.254 e. The van der Waals surface area contributed by atoms with Crippen LogP contribution in [0.15, 0.2) is 83.4 Å². The van der Waals surface area contributed by atoms with E-state index in [1.165, 1.54) is 0 Å². The Bertz CT molecular complexity index is 1150. The molecule has 0 radical (unpaired) electrons. The zero-order chi connectivity index (χ0) is 21.6. The molecule has 0 bridgehead atoms. The predicted molar refractivity (Wildman–Crippen MR) is 117 cm³/mol. The lowest BCUT2D eigenvalue weighted by atomic mass is 10.1. The second-order valence-electron chi connectivity index (χ2n) is 7.34. The molecule has 0 atom stereocenters. The average Bonchev–Trinajstić information content (AvgIpc) is 3.27. The van der Waals surface area contributed by atoms with Crippen molar-refractivity contribution in [3.8, 4) is 17.1 Å². The van der Waals surface area contributed by atoms with E-state index in [0.29, 0.717) is 29.6 Å². The van der Waals surface area contributed by atoms with Gasteiger partial charge in [-0.05, 0) is 42.8 Å². The van der Waals surface area contributed by atoms with E-state index in [1.807, 2.05) is 61.5 Å². The number of ether oxygens (including phenoxy) is 1. The summed E-state index contributed by atoms with van der Waals surface area (Å²) in [7, 11) is 1.71. The zero-order valence-electron chi connectivity index (χ0n) is 17.5. The van der Waals surface area contributed by atoms with E-state index in [0.717, 1.165) is 16.7 Å². The Kier molecular flexibility index (Phi) is 6.08. The Labute approximate surface area is 181 Å². The largest absolute Gasteiger partial charge is 0.489 e. The highest BCUT2D eigenvalue weighted by atomic mass is 16.5. The summed E-state index contributed by atoms with van der Waals surface area (Å²) < 4.78 is 11.1. The highest BCUT2D eigenvalue weighted by Gasteiger charge is 2.16. The van der Waals surface area contributed by atoms with Crippen LogP contribution in [0, 0.1) is 6.92 Å². The van der Waals surface area contributed by atoms with Gasteiger partial charge in [-0.3, -0.25) is 4.79 Å². The number of rotatable bonds is 7. The molecule has 0 saturated carbocycles. The molecule has 0 N–H and O–H groups in total. The molecule has 31 heavy (non-hydrogen) atoms. The van der Waals surface area contributed by atoms with Crippen LogP contribution in [0.1, 0.15) is 27.4 Å². The van der Waals surface area contributed by atoms with Gasteiger partial charge in [0.2, 0.25) is 11.7 Å². The van der Waals surface area contributed by atoms with Crippen LogP contribution in [-0.2, 0) is 13.2 Å². The van der Waals surface area contributed by atoms with Crippen molar-refractivity contribution in [1.82, 2.24) is 15.0 Å². The second kappa shape index (κ2) is 9.26. The number of carbonyl (C=O) groups is 1. The maximum Gasteiger partial charge on any atom is 0.254 e. The van der Waals surface area contributed by atoms with Crippen molar-refractivity contribution < 1.29 is 14.1 Å². The normalized spacial score (nSPS) is 10.6. The van der Waals surface area contributed by atoms with Gasteiger partial charge in [0.25, 0.3) is 5.91 Å². The van der Waals surface area contributed by atoms with E-state index in [1.54, 1.807) is 36.2 Å². The molecule has 0 unspecified atom stereocenters. The molecule has 0 aliphatic heterocycles. The molecule has 6 heteroatoms. The van der Waals surface area contributed by atoms with Gasteiger partial charge in [0.05, 0.1) is 6.54 Å². The number of aryl methyl sites for hydroxylation is 1. The molecule has 3 aromatic carbocycles. The molecule has 0 spiro atoms. The van der Waals surface area contributed by atoms with E-state index in [4.69, 9.17) is 9.26 Å². The number of aromatic nitrogens is 2. The monoisotopic (exact) mass is 413 g/mol. The van der Waals surface area contributed by atoms with Crippen LogP contribution < -0.4 is 4.74 Å². The van der Waals surface area contributed by atoms with E-state index < -0.39 is 0 Å². The van der Waals surface area contributed by atoms with E-state index >= 15 is 0 Å². The summed E-state index contributed by atoms with van der Waals surface area (Å²) in [5, 5.41) is 4.03. The Hall–Kier alpha value is -3.93. The van der Waals surface area contributed by atoms with Gasteiger partial charge in [0, 0.05) is 18.2 Å². The van der Waals surface area contributed by atoms with Gasteiger partial charge < -0.3 is 14.2 Å². The topological polar surface area (TPSA) is 68.5 Å². The van der Waals surface area contributed by atoms with Crippen molar-refractivity contribution in [2.75, 3.05) is 7.05 Å². The van der Waals surface area contributed by atoms with Gasteiger partial charge in [-0.25, -0.2) is 0 Å². The first-order valence-corrected chi connectivity index (χ1v) is 10.0. The lowest BCUT2D eigenvalue weighted by Crippen LogP contribution is -2.26. The lowest BCUT2D eigenvalue weighted by Gasteiger charge is -2.15. The number of hydrogen-bond donors (Lipinski definition) is 0. The van der Waals surface area contributed by atoms with Gasteiger partial charge in [-0.2, -0.15) is 4.98 Å². The first-order chi connectivity index (χ1) is 15.1. The highest BCUT2D eigenvalue weighted by Crippen LogP contribution is 2.19. The summed E-state index contributed by atoms with van der Waals surface area (Å²) in [4.78, 5) is 18.7. The number of amides is 1. The number of hydrogen-bond acceptors (Lipinski definition) is 5. The SMILES string of the molecule is Cc1cccc(-c2noc(CN(C)C(=O)c3ccc(OCc4ccccc4)cc3)n2)c1. The summed E-state index contributed by atoms with van der Waals surface area (Å²) in [6.07, 6.45) is 0. The van der Waals surface area contributed by atoms with Crippen molar-refractivity contribution in [3.05, 3.63) is 101 Å². The minimum absolute atomic E-state index is 0.134. The Balaban J connectivity index is 1.36. The molecule has 0 fully saturated rings. The molecular weight excluding hydrogens is 390 g/mol. The summed E-state index contributed by atoms with van der Waals surface area (Å²) >= 11 is 0. The van der Waals surface area contributed by atoms with Crippen LogP contribution in [0.4, 0.5) is 0 Å². The van der Waals surface area contributed by atoms with Crippen molar-refractivity contribution in [3.63, 3.8) is 0 Å². The van der Waals surface area contributed by atoms with Crippen LogP contribution in [0.5, 0.6) is 5.75 Å². The number of nitrogens with zero attached hydrogens (tertiary/aromatic N) is 3. The first kappa shape index (κ1) is 20.3. The van der Waals surface area contributed by atoms with E-state index in [2.05, 4.69) is 10.1 Å². The molecule has 4 aromatic rings. The molecule has 1 amide bonds. The summed E-state index contributed by atoms with van der Waals surface area (Å²) in [5.41, 5.74) is 3.65. The number of carbonyl (C=O) groups excluding carboxylic acids is 1. The van der Waals surface area contributed by atoms with Crippen molar-refractivity contribution in [2.24, 2.45) is 0 Å². The lowest BCUT2D eigenvalue weighted by molar-refractivity contribution is 0.0769. The summed E-state index contributed by atoms with van der Waals surface area (Å²) in [6.45, 7) is 2.72. The maximum absolute atomic E-state index is 12.8. The van der Waals surface area contributed by atoms with Crippen molar-refractivity contribution in [1.29, 1.82) is 0 Å². The van der Waals surface area contributed by atoms with Gasteiger partial charge in [-0.15, -0.1) is 0 Å². The van der Waals surface area contributed by atoms with Gasteiger partial charge in [0.1, 0.15) is 12.4 Å². The van der Waals surface area contributed by atoms with E-state index in [9.17, 15) is 4.79 Å². The standard InChI is InChI=1S/C25H23N3O3/c1-18-7-6-10-21(15-18)24-26-23(31-27-24)16-28(2)25(29)20-11-13-22(14-12-20)30-17-19-8-4-3-5-9-19/h3-15H,16-17H2,1-2H3. The Morgan fingerprint density at radius 2 is 1.77 bits per heavy atom. The summed E-state index contributed by atoms with van der Waals surface area (Å²) in [5.74, 6) is 1.47. The molecule has 1 aromatic heterocycles. The minimum atomic E-state index is -0.134. The quantitative estimate of drug-likeness (QED) is 0.431. The molecule has 4 rings (SSSR count). The van der Waals surface area contributed by atoms with Gasteiger partial charge in [0.15, 0.2) is 0 Å². The fraction of sp³-hybridized carbons (Fsp3) is 0.160. The van der Waals surface area contributed by atoms with Crippen LogP contribution in [0.25, 0.3) is 11.4 Å². The van der Waals surface area contributed by atoms with Crippen molar-refractivity contribution >= 4 is 5.91 Å². The van der Waals surface area contributed by atoms with Crippen LogP contribution >= 0.6 is 0 Å². The van der Waals surface area contributed by atoms with Crippen LogP contribution in [-0.4, -0.2) is 28.0 Å². The Morgan fingerprint density at radius 1 is 1.00 bits per heavy atom. The van der Waals surface area contributed by atoms with Gasteiger partial charge in [-0.1, -0.05) is 59.3 Å². The molecule has 0 aliphatic rings. The van der Waals surface area contributed by atoms with Gasteiger partial charge >= 0.3 is 0 Å². The molecule has 1 heterocycles. The minimum Gasteiger partial charge on any atom is -0.489 e. The average molecular weight is 413 g/mol. The Morgan fingerprint density at radius 3 is 2.52 bits per heavy atom. The zero-order valence-corrected chi connectivity index (χ0v) is 17.5. The third kappa shape index (κ3) is 5.17. The van der Waals surface area contributed by atoms with Crippen LogP contribution in [0.3, 0.4) is 0 Å². The predicted octanol–water partition coefficient (Wildman–Crippen LogP) is 4.90. The third-order valence-electron chi connectivity index (χ3n) is 4.81. The summed E-state index contributed by atoms with van der Waals surface area (Å²) in [6, 6.07) is 24.9. The van der Waals surface area contributed by atoms with Crippen molar-refractivity contribution in [2.45, 2.75) is 20.1 Å². The first-order valence-electron chi connectivity index (χ1n) is 10.0. The molecule has 0 aliphatic carbocycles. The third-order valence-corrected chi connectivity index (χ3v) is 4.81.